The number of nitrogens with one attached hydrogen (secondary N) is 2. The van der Waals surface area contributed by atoms with E-state index in [1.165, 1.54) is 0 Å². The summed E-state index contributed by atoms with van der Waals surface area (Å²) < 4.78 is 10.7. The molecule has 3 atom stereocenters. The van der Waals surface area contributed by atoms with Crippen LogP contribution in [0.2, 0.25) is 0 Å². The van der Waals surface area contributed by atoms with Gasteiger partial charge in [0, 0.05) is 5.56 Å². The highest BCUT2D eigenvalue weighted by Crippen LogP contribution is 2.33. The van der Waals surface area contributed by atoms with Crippen molar-refractivity contribution in [1.82, 2.24) is 10.6 Å². The second kappa shape index (κ2) is 10.7. The maximum absolute atomic E-state index is 13.1. The lowest BCUT2D eigenvalue weighted by Crippen LogP contribution is -2.50. The van der Waals surface area contributed by atoms with E-state index in [4.69, 9.17) is 9.47 Å². The van der Waals surface area contributed by atoms with E-state index in [0.29, 0.717) is 17.1 Å². The molecule has 6 heteroatoms. The first-order valence-corrected chi connectivity index (χ1v) is 10.2. The molecule has 0 fully saturated rings. The third-order valence-corrected chi connectivity index (χ3v) is 5.42. The van der Waals surface area contributed by atoms with Gasteiger partial charge in [0.05, 0.1) is 20.3 Å². The highest BCUT2D eigenvalue weighted by atomic mass is 16.5. The number of amides is 2. The van der Waals surface area contributed by atoms with E-state index in [9.17, 15) is 9.59 Å². The minimum Gasteiger partial charge on any atom is -0.493 e. The van der Waals surface area contributed by atoms with Crippen LogP contribution in [0.25, 0.3) is 0 Å². The summed E-state index contributed by atoms with van der Waals surface area (Å²) in [4.78, 5) is 25.7. The summed E-state index contributed by atoms with van der Waals surface area (Å²) in [6.45, 7) is 7.84. The van der Waals surface area contributed by atoms with Crippen LogP contribution in [0.4, 0.5) is 0 Å². The lowest BCUT2D eigenvalue weighted by Gasteiger charge is -2.26. The van der Waals surface area contributed by atoms with Crippen LogP contribution < -0.4 is 20.1 Å². The molecule has 3 unspecified atom stereocenters. The SMILES string of the molecule is CCC(C)C(NC(=O)c1ccccc1)C(=O)NC(C)c1cc(OC)c(OC)cc1C. The normalized spacial score (nSPS) is 13.7. The van der Waals surface area contributed by atoms with Gasteiger partial charge in [-0.05, 0) is 55.2 Å². The van der Waals surface area contributed by atoms with E-state index in [-0.39, 0.29) is 23.8 Å². The van der Waals surface area contributed by atoms with E-state index >= 15 is 0 Å². The zero-order chi connectivity index (χ0) is 22.3. The summed E-state index contributed by atoms with van der Waals surface area (Å²) in [7, 11) is 3.17. The molecule has 0 aliphatic heterocycles. The summed E-state index contributed by atoms with van der Waals surface area (Å²) in [5, 5.41) is 5.95. The van der Waals surface area contributed by atoms with Crippen molar-refractivity contribution < 1.29 is 19.1 Å². The summed E-state index contributed by atoms with van der Waals surface area (Å²) in [5.41, 5.74) is 2.44. The van der Waals surface area contributed by atoms with Gasteiger partial charge in [-0.3, -0.25) is 9.59 Å². The number of methoxy groups -OCH3 is 2. The van der Waals surface area contributed by atoms with Crippen molar-refractivity contribution in [3.8, 4) is 11.5 Å². The number of carbonyl (C=O) groups is 2. The number of carbonyl (C=O) groups excluding carboxylic acids is 2. The predicted octanol–water partition coefficient (Wildman–Crippen LogP) is 4.03. The van der Waals surface area contributed by atoms with Crippen molar-refractivity contribution in [2.45, 2.75) is 46.2 Å². The van der Waals surface area contributed by atoms with E-state index in [1.807, 2.05) is 45.9 Å². The van der Waals surface area contributed by atoms with E-state index in [0.717, 1.165) is 17.5 Å². The third kappa shape index (κ3) is 5.53. The van der Waals surface area contributed by atoms with Crippen LogP contribution in [0, 0.1) is 12.8 Å². The molecule has 0 spiro atoms. The van der Waals surface area contributed by atoms with Crippen LogP contribution in [0.15, 0.2) is 42.5 Å². The minimum absolute atomic E-state index is 0.0173. The number of benzene rings is 2. The van der Waals surface area contributed by atoms with Gasteiger partial charge >= 0.3 is 0 Å². The molecule has 162 valence electrons. The maximum atomic E-state index is 13.1. The van der Waals surface area contributed by atoms with Crippen molar-refractivity contribution in [3.05, 3.63) is 59.2 Å². The molecule has 2 amide bonds. The Morgan fingerprint density at radius 3 is 2.13 bits per heavy atom. The minimum atomic E-state index is -0.634. The van der Waals surface area contributed by atoms with Crippen LogP contribution >= 0.6 is 0 Å². The topological polar surface area (TPSA) is 76.7 Å². The van der Waals surface area contributed by atoms with Crippen molar-refractivity contribution in [2.24, 2.45) is 5.92 Å². The average molecular weight is 413 g/mol. The quantitative estimate of drug-likeness (QED) is 0.652. The van der Waals surface area contributed by atoms with Gasteiger partial charge in [0.1, 0.15) is 6.04 Å². The van der Waals surface area contributed by atoms with Gasteiger partial charge < -0.3 is 20.1 Å². The Hall–Kier alpha value is -3.02. The molecule has 2 aromatic rings. The first-order chi connectivity index (χ1) is 14.3. The van der Waals surface area contributed by atoms with E-state index < -0.39 is 6.04 Å². The van der Waals surface area contributed by atoms with Gasteiger partial charge in [-0.2, -0.15) is 0 Å². The van der Waals surface area contributed by atoms with Crippen LogP contribution in [0.1, 0.15) is 54.7 Å². The molecule has 0 aromatic heterocycles. The third-order valence-electron chi connectivity index (χ3n) is 5.42. The van der Waals surface area contributed by atoms with Crippen molar-refractivity contribution in [3.63, 3.8) is 0 Å². The van der Waals surface area contributed by atoms with Crippen LogP contribution in [0.3, 0.4) is 0 Å². The van der Waals surface area contributed by atoms with E-state index in [2.05, 4.69) is 10.6 Å². The highest BCUT2D eigenvalue weighted by molar-refractivity contribution is 5.97. The molecule has 2 rings (SSSR count). The number of aryl methyl sites for hydroxylation is 1. The van der Waals surface area contributed by atoms with Gasteiger partial charge in [0.25, 0.3) is 5.91 Å². The summed E-state index contributed by atoms with van der Waals surface area (Å²) >= 11 is 0. The molecular weight excluding hydrogens is 380 g/mol. The average Bonchev–Trinajstić information content (AvgIpc) is 2.76. The number of ether oxygens (including phenoxy) is 2. The Labute approximate surface area is 179 Å². The fourth-order valence-electron chi connectivity index (χ4n) is 3.36. The maximum Gasteiger partial charge on any atom is 0.251 e. The fraction of sp³-hybridized carbons (Fsp3) is 0.417. The van der Waals surface area contributed by atoms with Crippen LogP contribution in [0.5, 0.6) is 11.5 Å². The predicted molar refractivity (Wildman–Crippen MR) is 118 cm³/mol. The summed E-state index contributed by atoms with van der Waals surface area (Å²) in [5.74, 6) is 0.762. The van der Waals surface area contributed by atoms with Gasteiger partial charge in [-0.25, -0.2) is 0 Å². The molecule has 0 aliphatic carbocycles. The Bertz CT molecular complexity index is 867. The second-order valence-electron chi connectivity index (χ2n) is 7.50. The Kier molecular flexibility index (Phi) is 8.27. The van der Waals surface area contributed by atoms with Gasteiger partial charge in [-0.15, -0.1) is 0 Å². The van der Waals surface area contributed by atoms with Crippen LogP contribution in [-0.4, -0.2) is 32.1 Å². The summed E-state index contributed by atoms with van der Waals surface area (Å²) in [6.07, 6.45) is 0.761. The van der Waals surface area contributed by atoms with Crippen molar-refractivity contribution in [2.75, 3.05) is 14.2 Å². The molecule has 0 saturated heterocycles. The zero-order valence-electron chi connectivity index (χ0n) is 18.6. The number of hydrogen-bond donors (Lipinski definition) is 2. The largest absolute Gasteiger partial charge is 0.493 e. The molecule has 0 heterocycles. The molecule has 0 bridgehead atoms. The lowest BCUT2D eigenvalue weighted by atomic mass is 9.96. The molecule has 2 N–H and O–H groups in total. The summed E-state index contributed by atoms with van der Waals surface area (Å²) in [6, 6.07) is 11.8. The molecule has 30 heavy (non-hydrogen) atoms. The van der Waals surface area contributed by atoms with Gasteiger partial charge in [-0.1, -0.05) is 38.5 Å². The van der Waals surface area contributed by atoms with Crippen molar-refractivity contribution in [1.29, 1.82) is 0 Å². The molecule has 0 radical (unpaired) electrons. The Morgan fingerprint density at radius 1 is 0.967 bits per heavy atom. The van der Waals surface area contributed by atoms with Gasteiger partial charge in [0.2, 0.25) is 5.91 Å². The first kappa shape index (κ1) is 23.3. The van der Waals surface area contributed by atoms with Crippen molar-refractivity contribution >= 4 is 11.8 Å². The first-order valence-electron chi connectivity index (χ1n) is 10.2. The Morgan fingerprint density at radius 2 is 1.57 bits per heavy atom. The van der Waals surface area contributed by atoms with Crippen LogP contribution in [-0.2, 0) is 4.79 Å². The smallest absolute Gasteiger partial charge is 0.251 e. The van der Waals surface area contributed by atoms with Gasteiger partial charge in [0.15, 0.2) is 11.5 Å². The lowest BCUT2D eigenvalue weighted by molar-refractivity contribution is -0.124. The molecule has 0 aliphatic rings. The standard InChI is InChI=1S/C24H32N2O4/c1-7-15(2)22(26-23(27)18-11-9-8-10-12-18)24(28)25-17(4)19-14-21(30-6)20(29-5)13-16(19)3/h8-15,17,22H,7H2,1-6H3,(H,25,28)(H,26,27). The molecule has 6 nitrogen and oxygen atoms in total. The number of hydrogen-bond acceptors (Lipinski definition) is 4. The fourth-order valence-corrected chi connectivity index (χ4v) is 3.36. The molecule has 0 saturated carbocycles. The molecule has 2 aromatic carbocycles. The molecular formula is C24H32N2O4. The highest BCUT2D eigenvalue weighted by Gasteiger charge is 2.28. The number of rotatable bonds is 9. The van der Waals surface area contributed by atoms with E-state index in [1.54, 1.807) is 38.5 Å². The monoisotopic (exact) mass is 412 g/mol. The Balaban J connectivity index is 2.20. The zero-order valence-corrected chi connectivity index (χ0v) is 18.6. The second-order valence-corrected chi connectivity index (χ2v) is 7.50.